The van der Waals surface area contributed by atoms with Crippen LogP contribution in [-0.4, -0.2) is 46.2 Å². The molecule has 7 nitrogen and oxygen atoms in total. The summed E-state index contributed by atoms with van der Waals surface area (Å²) in [4.78, 5) is 12.5. The van der Waals surface area contributed by atoms with Crippen LogP contribution in [0.2, 0.25) is 0 Å². The monoisotopic (exact) mass is 436 g/mol. The van der Waals surface area contributed by atoms with Gasteiger partial charge in [-0.15, -0.1) is 11.3 Å². The van der Waals surface area contributed by atoms with E-state index in [-0.39, 0.29) is 0 Å². The maximum atomic E-state index is 5.31. The van der Waals surface area contributed by atoms with E-state index in [1.807, 2.05) is 19.2 Å². The number of nitrogens with zero attached hydrogens (tertiary/aromatic N) is 4. The molecule has 0 aliphatic carbocycles. The van der Waals surface area contributed by atoms with Crippen molar-refractivity contribution >= 4 is 33.2 Å². The number of halogens is 1. The second-order valence-electron chi connectivity index (χ2n) is 5.63. The van der Waals surface area contributed by atoms with Gasteiger partial charge >= 0.3 is 0 Å². The number of nitrogens with one attached hydrogen (secondary N) is 2. The molecule has 0 atom stereocenters. The Labute approximate surface area is 164 Å². The van der Waals surface area contributed by atoms with Crippen molar-refractivity contribution in [1.29, 1.82) is 0 Å². The summed E-state index contributed by atoms with van der Waals surface area (Å²) in [6.45, 7) is 4.32. The minimum absolute atomic E-state index is 0.571. The van der Waals surface area contributed by atoms with Crippen molar-refractivity contribution < 1.29 is 4.42 Å². The molecule has 2 N–H and O–H groups in total. The van der Waals surface area contributed by atoms with Crippen molar-refractivity contribution in [3.63, 3.8) is 0 Å². The van der Waals surface area contributed by atoms with E-state index in [9.17, 15) is 0 Å². The minimum atomic E-state index is 0.571. The fraction of sp³-hybridized carbons (Fsp3) is 0.353. The predicted molar refractivity (Wildman–Crippen MR) is 107 cm³/mol. The van der Waals surface area contributed by atoms with Crippen LogP contribution in [0.25, 0.3) is 11.6 Å². The van der Waals surface area contributed by atoms with Gasteiger partial charge in [0.15, 0.2) is 11.7 Å². The van der Waals surface area contributed by atoms with Crippen molar-refractivity contribution in [2.75, 3.05) is 20.1 Å². The largest absolute Gasteiger partial charge is 0.461 e. The summed E-state index contributed by atoms with van der Waals surface area (Å²) in [5.74, 6) is 2.90. The molecule has 9 heteroatoms. The Balaban J connectivity index is 1.58. The lowest BCUT2D eigenvalue weighted by Crippen LogP contribution is -2.38. The summed E-state index contributed by atoms with van der Waals surface area (Å²) >= 11 is 5.24. The second-order valence-corrected chi connectivity index (χ2v) is 8.18. The van der Waals surface area contributed by atoms with Crippen LogP contribution in [0.1, 0.15) is 17.6 Å². The molecule has 138 valence electrons. The lowest BCUT2D eigenvalue weighted by molar-refractivity contribution is 0.481. The van der Waals surface area contributed by atoms with Crippen LogP contribution >= 0.6 is 27.3 Å². The van der Waals surface area contributed by atoms with Crippen molar-refractivity contribution in [3.8, 4) is 11.6 Å². The predicted octanol–water partition coefficient (Wildman–Crippen LogP) is 3.53. The third-order valence-corrected chi connectivity index (χ3v) is 5.21. The summed E-state index contributed by atoms with van der Waals surface area (Å²) in [7, 11) is 2.04. The highest BCUT2D eigenvalue weighted by atomic mass is 79.9. The first-order valence-corrected chi connectivity index (χ1v) is 9.95. The van der Waals surface area contributed by atoms with Crippen LogP contribution in [0.4, 0.5) is 0 Å². The van der Waals surface area contributed by atoms with E-state index in [2.05, 4.69) is 60.4 Å². The van der Waals surface area contributed by atoms with Gasteiger partial charge in [0.25, 0.3) is 0 Å². The van der Waals surface area contributed by atoms with E-state index in [0.29, 0.717) is 24.6 Å². The highest BCUT2D eigenvalue weighted by molar-refractivity contribution is 9.11. The highest BCUT2D eigenvalue weighted by Crippen LogP contribution is 2.23. The minimum Gasteiger partial charge on any atom is -0.461 e. The van der Waals surface area contributed by atoms with Gasteiger partial charge in [-0.25, -0.2) is 4.98 Å². The Bertz CT molecular complexity index is 841. The van der Waals surface area contributed by atoms with Gasteiger partial charge in [0.05, 0.1) is 16.6 Å². The molecule has 0 aliphatic heterocycles. The number of rotatable bonds is 7. The summed E-state index contributed by atoms with van der Waals surface area (Å²) < 4.78 is 6.45. The van der Waals surface area contributed by atoms with E-state index < -0.39 is 0 Å². The SMILES string of the molecule is CCNC(=NCCc1nc(-c2ccco2)n[nH]1)N(C)Cc1ccc(Br)s1. The molecule has 0 saturated heterocycles. The number of hydrogen-bond acceptors (Lipinski definition) is 5. The van der Waals surface area contributed by atoms with Crippen LogP contribution in [-0.2, 0) is 13.0 Å². The Morgan fingerprint density at radius 2 is 2.31 bits per heavy atom. The molecule has 26 heavy (non-hydrogen) atoms. The number of H-pyrrole nitrogens is 1. The number of aromatic amines is 1. The topological polar surface area (TPSA) is 82.3 Å². The maximum Gasteiger partial charge on any atom is 0.216 e. The average molecular weight is 437 g/mol. The summed E-state index contributed by atoms with van der Waals surface area (Å²) in [6, 6.07) is 7.85. The molecule has 3 aromatic heterocycles. The number of hydrogen-bond donors (Lipinski definition) is 2. The number of aliphatic imine (C=N–C) groups is 1. The van der Waals surface area contributed by atoms with Gasteiger partial charge < -0.3 is 14.6 Å². The standard InChI is InChI=1S/C17H21BrN6OS/c1-3-19-17(24(2)11-12-6-7-14(18)26-12)20-9-8-15-21-16(23-22-15)13-5-4-10-25-13/h4-7,10H,3,8-9,11H2,1-2H3,(H,19,20)(H,21,22,23). The first-order chi connectivity index (χ1) is 12.7. The first kappa shape index (κ1) is 18.7. The van der Waals surface area contributed by atoms with Crippen LogP contribution in [0.3, 0.4) is 0 Å². The van der Waals surface area contributed by atoms with Crippen LogP contribution < -0.4 is 5.32 Å². The van der Waals surface area contributed by atoms with Gasteiger partial charge in [-0.1, -0.05) is 0 Å². The molecule has 0 spiro atoms. The van der Waals surface area contributed by atoms with E-state index in [0.717, 1.165) is 28.7 Å². The Kier molecular flexibility index (Phi) is 6.45. The van der Waals surface area contributed by atoms with Crippen LogP contribution in [0, 0.1) is 0 Å². The van der Waals surface area contributed by atoms with Gasteiger partial charge in [-0.3, -0.25) is 10.1 Å². The van der Waals surface area contributed by atoms with E-state index in [1.165, 1.54) is 4.88 Å². The van der Waals surface area contributed by atoms with Crippen molar-refractivity contribution in [2.45, 2.75) is 19.9 Å². The Morgan fingerprint density at radius 1 is 1.42 bits per heavy atom. The van der Waals surface area contributed by atoms with Crippen molar-refractivity contribution in [1.82, 2.24) is 25.4 Å². The van der Waals surface area contributed by atoms with Crippen molar-refractivity contribution in [3.05, 3.63) is 45.0 Å². The van der Waals surface area contributed by atoms with Crippen LogP contribution in [0.15, 0.2) is 43.7 Å². The zero-order valence-electron chi connectivity index (χ0n) is 14.7. The molecule has 3 rings (SSSR count). The zero-order valence-corrected chi connectivity index (χ0v) is 17.1. The van der Waals surface area contributed by atoms with Gasteiger partial charge in [0.2, 0.25) is 5.82 Å². The summed E-state index contributed by atoms with van der Waals surface area (Å²) in [6.07, 6.45) is 2.29. The number of aromatic nitrogens is 3. The smallest absolute Gasteiger partial charge is 0.216 e. The fourth-order valence-electron chi connectivity index (χ4n) is 2.41. The molecule has 0 radical (unpaired) electrons. The van der Waals surface area contributed by atoms with Gasteiger partial charge in [0, 0.05) is 31.4 Å². The first-order valence-electron chi connectivity index (χ1n) is 8.34. The molecule has 0 aliphatic rings. The highest BCUT2D eigenvalue weighted by Gasteiger charge is 2.10. The lowest BCUT2D eigenvalue weighted by atomic mass is 10.4. The normalized spacial score (nSPS) is 11.7. The Morgan fingerprint density at radius 3 is 3.00 bits per heavy atom. The molecule has 0 fully saturated rings. The quantitative estimate of drug-likeness (QED) is 0.437. The molecule has 0 unspecified atom stereocenters. The molecule has 0 bridgehead atoms. The fourth-order valence-corrected chi connectivity index (χ4v) is 3.94. The molecule has 3 aromatic rings. The Hall–Kier alpha value is -2.13. The summed E-state index contributed by atoms with van der Waals surface area (Å²) in [5, 5.41) is 10.5. The van der Waals surface area contributed by atoms with E-state index in [4.69, 9.17) is 9.41 Å². The lowest BCUT2D eigenvalue weighted by Gasteiger charge is -2.21. The molecular formula is C17H21BrN6OS. The molecule has 0 amide bonds. The summed E-state index contributed by atoms with van der Waals surface area (Å²) in [5.41, 5.74) is 0. The number of thiophene rings is 1. The van der Waals surface area contributed by atoms with Gasteiger partial charge in [0.1, 0.15) is 5.82 Å². The third-order valence-electron chi connectivity index (χ3n) is 3.60. The van der Waals surface area contributed by atoms with Gasteiger partial charge in [-0.05, 0) is 47.1 Å². The average Bonchev–Trinajstić information content (AvgIpc) is 3.35. The molecular weight excluding hydrogens is 416 g/mol. The molecule has 0 saturated carbocycles. The molecule has 0 aromatic carbocycles. The van der Waals surface area contributed by atoms with Crippen LogP contribution in [0.5, 0.6) is 0 Å². The number of guanidine groups is 1. The zero-order chi connectivity index (χ0) is 18.4. The van der Waals surface area contributed by atoms with Crippen molar-refractivity contribution in [2.24, 2.45) is 4.99 Å². The third kappa shape index (κ3) is 4.95. The number of furan rings is 1. The second kappa shape index (κ2) is 9.00. The van der Waals surface area contributed by atoms with E-state index in [1.54, 1.807) is 17.6 Å². The van der Waals surface area contributed by atoms with Gasteiger partial charge in [-0.2, -0.15) is 5.10 Å². The van der Waals surface area contributed by atoms with E-state index >= 15 is 0 Å². The molecule has 3 heterocycles. The maximum absolute atomic E-state index is 5.31.